The van der Waals surface area contributed by atoms with Crippen LogP contribution in [0, 0.1) is 0 Å². The molecule has 0 spiro atoms. The van der Waals surface area contributed by atoms with Gasteiger partial charge in [-0.05, 0) is 0 Å². The van der Waals surface area contributed by atoms with Gasteiger partial charge in [-0.15, -0.1) is 0 Å². The largest absolute Gasteiger partial charge is 0.389 e. The molecule has 2 heterocycles. The van der Waals surface area contributed by atoms with E-state index >= 15 is 0 Å². The number of carbonyl (C=O) groups is 2. The Morgan fingerprint density at radius 2 is 2.27 bits per heavy atom. The average Bonchev–Trinajstić information content (AvgIpc) is 2.55. The second-order valence-corrected chi connectivity index (χ2v) is 4.85. The fraction of sp³-hybridized carbons (Fsp3) is 0.778. The van der Waals surface area contributed by atoms with Crippen molar-refractivity contribution in [2.45, 2.75) is 12.5 Å². The third-order valence-corrected chi connectivity index (χ3v) is 3.55. The molecule has 15 heavy (non-hydrogen) atoms. The number of aliphatic hydroxyl groups excluding tert-OH is 1. The van der Waals surface area contributed by atoms with E-state index in [0.717, 1.165) is 12.3 Å². The number of hydrogen-bond donors (Lipinski definition) is 1. The van der Waals surface area contributed by atoms with E-state index in [1.54, 1.807) is 9.80 Å². The summed E-state index contributed by atoms with van der Waals surface area (Å²) in [6.45, 7) is 2.15. The molecule has 0 unspecified atom stereocenters. The maximum atomic E-state index is 11.5. The first-order valence-electron chi connectivity index (χ1n) is 5.04. The molecule has 0 aromatic carbocycles. The smallest absolute Gasteiger partial charge is 0.281 e. The Bertz CT molecular complexity index is 279. The van der Waals surface area contributed by atoms with Gasteiger partial charge < -0.3 is 14.9 Å². The Labute approximate surface area is 92.4 Å². The lowest BCUT2D eigenvalue weighted by Crippen LogP contribution is -2.53. The molecule has 2 saturated heterocycles. The highest BCUT2D eigenvalue weighted by atomic mass is 32.2. The van der Waals surface area contributed by atoms with Crippen molar-refractivity contribution >= 4 is 22.9 Å². The molecule has 0 bridgehead atoms. The maximum Gasteiger partial charge on any atom is 0.281 e. The minimum atomic E-state index is -0.349. The number of aliphatic hydroxyl groups is 1. The van der Waals surface area contributed by atoms with Crippen LogP contribution in [0.15, 0.2) is 0 Å². The van der Waals surface area contributed by atoms with E-state index in [2.05, 4.69) is 0 Å². The van der Waals surface area contributed by atoms with Crippen molar-refractivity contribution in [2.24, 2.45) is 0 Å². The van der Waals surface area contributed by atoms with Crippen molar-refractivity contribution in [3.05, 3.63) is 0 Å². The molecule has 2 rings (SSSR count). The van der Waals surface area contributed by atoms with Gasteiger partial charge in [-0.25, -0.2) is 0 Å². The Kier molecular flexibility index (Phi) is 3.16. The summed E-state index contributed by atoms with van der Waals surface area (Å²) in [5, 5.41) is 9.10. The fourth-order valence-corrected chi connectivity index (χ4v) is 2.53. The zero-order chi connectivity index (χ0) is 10.8. The standard InChI is InChI=1S/C9H14N2O3S/c12-7-5-11(6-7)8(13)1-2-10-3-4-15-9(10)14/h7,12H,1-6H2. The molecule has 0 saturated carbocycles. The van der Waals surface area contributed by atoms with E-state index in [9.17, 15) is 9.59 Å². The minimum absolute atomic E-state index is 0.0324. The molecule has 2 fully saturated rings. The summed E-state index contributed by atoms with van der Waals surface area (Å²) < 4.78 is 0. The van der Waals surface area contributed by atoms with Crippen LogP contribution in [-0.2, 0) is 4.79 Å². The number of β-amino-alcohol motifs (C(OH)–C–C–N with tert-alkyl or cyclic N) is 1. The summed E-state index contributed by atoms with van der Waals surface area (Å²) in [6, 6.07) is 0. The first-order valence-corrected chi connectivity index (χ1v) is 6.03. The summed E-state index contributed by atoms with van der Waals surface area (Å²) in [6.07, 6.45) is 0.0249. The lowest BCUT2D eigenvalue weighted by molar-refractivity contribution is -0.141. The summed E-state index contributed by atoms with van der Waals surface area (Å²) in [5.41, 5.74) is 0. The zero-order valence-electron chi connectivity index (χ0n) is 8.39. The van der Waals surface area contributed by atoms with Crippen molar-refractivity contribution in [1.82, 2.24) is 9.80 Å². The quantitative estimate of drug-likeness (QED) is 0.726. The van der Waals surface area contributed by atoms with Gasteiger partial charge >= 0.3 is 0 Å². The number of rotatable bonds is 3. The minimum Gasteiger partial charge on any atom is -0.389 e. The lowest BCUT2D eigenvalue weighted by atomic mass is 10.1. The van der Waals surface area contributed by atoms with Crippen LogP contribution in [0.1, 0.15) is 6.42 Å². The van der Waals surface area contributed by atoms with Gasteiger partial charge in [0.1, 0.15) is 0 Å². The molecule has 6 heteroatoms. The topological polar surface area (TPSA) is 60.9 Å². The summed E-state index contributed by atoms with van der Waals surface area (Å²) >= 11 is 1.31. The van der Waals surface area contributed by atoms with E-state index < -0.39 is 0 Å². The van der Waals surface area contributed by atoms with Crippen molar-refractivity contribution in [1.29, 1.82) is 0 Å². The molecular formula is C9H14N2O3S. The van der Waals surface area contributed by atoms with Gasteiger partial charge in [0.15, 0.2) is 0 Å². The van der Waals surface area contributed by atoms with Gasteiger partial charge in [-0.2, -0.15) is 0 Å². The molecule has 0 aliphatic carbocycles. The predicted octanol–water partition coefficient (Wildman–Crippen LogP) is -0.252. The molecule has 0 radical (unpaired) electrons. The summed E-state index contributed by atoms with van der Waals surface area (Å²) in [5.74, 6) is 0.861. The Morgan fingerprint density at radius 3 is 2.80 bits per heavy atom. The number of carbonyl (C=O) groups excluding carboxylic acids is 2. The second kappa shape index (κ2) is 4.40. The molecule has 5 nitrogen and oxygen atoms in total. The van der Waals surface area contributed by atoms with Crippen LogP contribution in [0.3, 0.4) is 0 Å². The van der Waals surface area contributed by atoms with Crippen LogP contribution in [0.2, 0.25) is 0 Å². The number of hydrogen-bond acceptors (Lipinski definition) is 4. The van der Waals surface area contributed by atoms with E-state index in [1.165, 1.54) is 11.8 Å². The highest BCUT2D eigenvalue weighted by Gasteiger charge is 2.29. The molecule has 0 aromatic rings. The van der Waals surface area contributed by atoms with Gasteiger partial charge in [0.05, 0.1) is 6.10 Å². The van der Waals surface area contributed by atoms with Crippen molar-refractivity contribution in [3.63, 3.8) is 0 Å². The van der Waals surface area contributed by atoms with Crippen molar-refractivity contribution in [3.8, 4) is 0 Å². The Hall–Kier alpha value is -0.750. The lowest BCUT2D eigenvalue weighted by Gasteiger charge is -2.36. The molecule has 2 aliphatic rings. The van der Waals surface area contributed by atoms with Gasteiger partial charge in [-0.1, -0.05) is 11.8 Å². The monoisotopic (exact) mass is 230 g/mol. The molecule has 2 aliphatic heterocycles. The molecule has 0 aromatic heterocycles. The Morgan fingerprint density at radius 1 is 1.53 bits per heavy atom. The fourth-order valence-electron chi connectivity index (χ4n) is 1.68. The van der Waals surface area contributed by atoms with E-state index in [4.69, 9.17) is 5.11 Å². The van der Waals surface area contributed by atoms with Crippen LogP contribution in [-0.4, -0.2) is 64.1 Å². The highest BCUT2D eigenvalue weighted by molar-refractivity contribution is 8.13. The average molecular weight is 230 g/mol. The third-order valence-electron chi connectivity index (χ3n) is 2.66. The van der Waals surface area contributed by atoms with Gasteiger partial charge in [0.2, 0.25) is 5.91 Å². The van der Waals surface area contributed by atoms with Crippen molar-refractivity contribution in [2.75, 3.05) is 31.9 Å². The van der Waals surface area contributed by atoms with Crippen LogP contribution >= 0.6 is 11.8 Å². The predicted molar refractivity (Wildman–Crippen MR) is 56.6 cm³/mol. The van der Waals surface area contributed by atoms with Crippen LogP contribution in [0.25, 0.3) is 0 Å². The Balaban J connectivity index is 1.69. The molecule has 84 valence electrons. The first kappa shape index (κ1) is 10.8. The third kappa shape index (κ3) is 2.43. The second-order valence-electron chi connectivity index (χ2n) is 3.80. The first-order chi connectivity index (χ1) is 7.16. The highest BCUT2D eigenvalue weighted by Crippen LogP contribution is 2.18. The van der Waals surface area contributed by atoms with E-state index in [1.807, 2.05) is 0 Å². The number of amides is 2. The zero-order valence-corrected chi connectivity index (χ0v) is 9.20. The molecule has 2 amide bonds. The van der Waals surface area contributed by atoms with Crippen LogP contribution in [0.5, 0.6) is 0 Å². The normalized spacial score (nSPS) is 22.1. The summed E-state index contributed by atoms with van der Waals surface area (Å²) in [4.78, 5) is 26.1. The van der Waals surface area contributed by atoms with Crippen molar-refractivity contribution < 1.29 is 14.7 Å². The molecular weight excluding hydrogens is 216 g/mol. The van der Waals surface area contributed by atoms with Gasteiger partial charge in [-0.3, -0.25) is 9.59 Å². The van der Waals surface area contributed by atoms with E-state index in [-0.39, 0.29) is 17.3 Å². The maximum absolute atomic E-state index is 11.5. The molecule has 1 N–H and O–H groups in total. The number of thioether (sulfide) groups is 1. The van der Waals surface area contributed by atoms with E-state index in [0.29, 0.717) is 26.1 Å². The van der Waals surface area contributed by atoms with Crippen LogP contribution < -0.4 is 0 Å². The number of likely N-dealkylation sites (tertiary alicyclic amines) is 1. The van der Waals surface area contributed by atoms with Gasteiger partial charge in [0, 0.05) is 38.4 Å². The SMILES string of the molecule is O=C(CCN1CCSC1=O)N1CC(O)C1. The van der Waals surface area contributed by atoms with Gasteiger partial charge in [0.25, 0.3) is 5.24 Å². The van der Waals surface area contributed by atoms with Crippen LogP contribution in [0.4, 0.5) is 4.79 Å². The molecule has 0 atom stereocenters. The summed E-state index contributed by atoms with van der Waals surface area (Å²) in [7, 11) is 0. The number of nitrogens with zero attached hydrogens (tertiary/aromatic N) is 2.